The third-order valence-corrected chi connectivity index (χ3v) is 2.85. The second-order valence-electron chi connectivity index (χ2n) is 4.60. The Hall–Kier alpha value is -1.81. The molecular formula is C15H21NO3. The van der Waals surface area contributed by atoms with Crippen LogP contribution in [0.1, 0.15) is 32.8 Å². The minimum Gasteiger partial charge on any atom is -0.489 e. The monoisotopic (exact) mass is 263 g/mol. The van der Waals surface area contributed by atoms with E-state index in [-0.39, 0.29) is 13.3 Å². The van der Waals surface area contributed by atoms with E-state index in [4.69, 9.17) is 9.15 Å². The van der Waals surface area contributed by atoms with E-state index in [2.05, 4.69) is 12.2 Å². The largest absolute Gasteiger partial charge is 0.489 e. The Morgan fingerprint density at radius 2 is 2.26 bits per heavy atom. The normalized spacial score (nSPS) is 12.6. The Morgan fingerprint density at radius 3 is 2.95 bits per heavy atom. The molecule has 0 aliphatic carbocycles. The van der Waals surface area contributed by atoms with Gasteiger partial charge >= 0.3 is 0 Å². The number of nitrogens with one attached hydrogen (secondary N) is 1. The van der Waals surface area contributed by atoms with Crippen molar-refractivity contribution in [1.29, 1.82) is 0 Å². The van der Waals surface area contributed by atoms with E-state index in [1.807, 2.05) is 25.1 Å². The third kappa shape index (κ3) is 3.35. The van der Waals surface area contributed by atoms with Crippen LogP contribution in [-0.4, -0.2) is 25.0 Å². The molecule has 19 heavy (non-hydrogen) atoms. The lowest BCUT2D eigenvalue weighted by atomic mass is 10.2. The fourth-order valence-corrected chi connectivity index (χ4v) is 1.89. The van der Waals surface area contributed by atoms with Gasteiger partial charge < -0.3 is 14.5 Å². The van der Waals surface area contributed by atoms with Crippen LogP contribution >= 0.6 is 0 Å². The van der Waals surface area contributed by atoms with Gasteiger partial charge in [-0.25, -0.2) is 0 Å². The highest BCUT2D eigenvalue weighted by atomic mass is 16.5. The smallest absolute Gasteiger partial charge is 0.194 e. The van der Waals surface area contributed by atoms with E-state index in [1.54, 1.807) is 6.07 Å². The van der Waals surface area contributed by atoms with Crippen molar-refractivity contribution in [3.8, 4) is 5.75 Å². The molecule has 104 valence electrons. The summed E-state index contributed by atoms with van der Waals surface area (Å²) in [5.74, 6) is 1.10. The zero-order valence-electron chi connectivity index (χ0n) is 11.5. The van der Waals surface area contributed by atoms with Gasteiger partial charge in [-0.3, -0.25) is 4.79 Å². The first-order chi connectivity index (χ1) is 9.10. The number of furan rings is 1. The van der Waals surface area contributed by atoms with Crippen LogP contribution in [0.25, 0.3) is 11.0 Å². The maximum absolute atomic E-state index is 11.3. The summed E-state index contributed by atoms with van der Waals surface area (Å²) in [6.07, 6.45) is 0.0941. The van der Waals surface area contributed by atoms with Crippen LogP contribution in [0.4, 0.5) is 0 Å². The average molecular weight is 263 g/mol. The van der Waals surface area contributed by atoms with Crippen molar-refractivity contribution in [2.75, 3.05) is 13.1 Å². The standard InChI is InChI=1S/C15H19NO3.H2/c1-4-16-9-10(2)18-13-5-6-14-12(7-13)8-15(19-14)11(3)17;/h5-8,10,16H,4,9H2,1-3H3;1H/t10-;/m0./s1. The number of hydrogen-bond donors (Lipinski definition) is 1. The van der Waals surface area contributed by atoms with E-state index >= 15 is 0 Å². The van der Waals surface area contributed by atoms with Gasteiger partial charge in [0.25, 0.3) is 0 Å². The van der Waals surface area contributed by atoms with Crippen molar-refractivity contribution in [3.63, 3.8) is 0 Å². The van der Waals surface area contributed by atoms with E-state index in [1.165, 1.54) is 6.92 Å². The molecule has 2 rings (SSSR count). The van der Waals surface area contributed by atoms with E-state index in [9.17, 15) is 4.79 Å². The summed E-state index contributed by atoms with van der Waals surface area (Å²) in [5, 5.41) is 4.12. The predicted molar refractivity (Wildman–Crippen MR) is 77.0 cm³/mol. The summed E-state index contributed by atoms with van der Waals surface area (Å²) in [6, 6.07) is 7.34. The zero-order chi connectivity index (χ0) is 13.8. The molecule has 1 N–H and O–H groups in total. The first-order valence-corrected chi connectivity index (χ1v) is 6.52. The Balaban J connectivity index is 0.00000200. The number of carbonyl (C=O) groups excluding carboxylic acids is 1. The topological polar surface area (TPSA) is 51.5 Å². The molecule has 1 aromatic carbocycles. The van der Waals surface area contributed by atoms with Crippen molar-refractivity contribution in [1.82, 2.24) is 5.32 Å². The fraction of sp³-hybridized carbons (Fsp3) is 0.400. The molecule has 0 radical (unpaired) electrons. The number of ketones is 1. The summed E-state index contributed by atoms with van der Waals surface area (Å²) in [6.45, 7) is 7.30. The van der Waals surface area contributed by atoms with Crippen molar-refractivity contribution < 1.29 is 15.4 Å². The van der Waals surface area contributed by atoms with Gasteiger partial charge in [0, 0.05) is 20.3 Å². The highest BCUT2D eigenvalue weighted by Crippen LogP contribution is 2.25. The molecule has 0 fully saturated rings. The SMILES string of the molecule is CCNC[C@H](C)Oc1ccc2oc(C(C)=O)cc2c1.[HH]. The number of rotatable bonds is 6. The van der Waals surface area contributed by atoms with Crippen LogP contribution in [0.2, 0.25) is 0 Å². The van der Waals surface area contributed by atoms with Gasteiger partial charge in [-0.2, -0.15) is 0 Å². The fourth-order valence-electron chi connectivity index (χ4n) is 1.89. The van der Waals surface area contributed by atoms with E-state index < -0.39 is 0 Å². The lowest BCUT2D eigenvalue weighted by Gasteiger charge is -2.14. The minimum absolute atomic E-state index is 0. The average Bonchev–Trinajstić information content (AvgIpc) is 2.79. The van der Waals surface area contributed by atoms with Gasteiger partial charge in [0.2, 0.25) is 0 Å². The third-order valence-electron chi connectivity index (χ3n) is 2.85. The summed E-state index contributed by atoms with van der Waals surface area (Å²) >= 11 is 0. The summed E-state index contributed by atoms with van der Waals surface area (Å²) in [7, 11) is 0. The highest BCUT2D eigenvalue weighted by molar-refractivity contribution is 5.96. The van der Waals surface area contributed by atoms with Crippen molar-refractivity contribution in [2.24, 2.45) is 0 Å². The number of carbonyl (C=O) groups is 1. The van der Waals surface area contributed by atoms with Gasteiger partial charge in [0.05, 0.1) is 0 Å². The first-order valence-electron chi connectivity index (χ1n) is 6.52. The maximum atomic E-state index is 11.3. The minimum atomic E-state index is -0.0702. The van der Waals surface area contributed by atoms with Gasteiger partial charge in [0.1, 0.15) is 17.4 Å². The van der Waals surface area contributed by atoms with Gasteiger partial charge in [-0.05, 0) is 37.7 Å². The molecule has 0 bridgehead atoms. The van der Waals surface area contributed by atoms with Crippen molar-refractivity contribution in [2.45, 2.75) is 26.9 Å². The lowest BCUT2D eigenvalue weighted by Crippen LogP contribution is -2.28. The Kier molecular flexibility index (Phi) is 4.22. The van der Waals surface area contributed by atoms with Gasteiger partial charge in [-0.15, -0.1) is 0 Å². The van der Waals surface area contributed by atoms with Crippen molar-refractivity contribution in [3.05, 3.63) is 30.0 Å². The zero-order valence-corrected chi connectivity index (χ0v) is 11.5. The van der Waals surface area contributed by atoms with Crippen LogP contribution in [0, 0.1) is 0 Å². The second kappa shape index (κ2) is 5.89. The van der Waals surface area contributed by atoms with Gasteiger partial charge in [-0.1, -0.05) is 6.92 Å². The molecular weight excluding hydrogens is 242 g/mol. The Bertz CT molecular complexity index is 580. The van der Waals surface area contributed by atoms with Crippen LogP contribution in [0.5, 0.6) is 5.75 Å². The highest BCUT2D eigenvalue weighted by Gasteiger charge is 2.09. The Labute approximate surface area is 114 Å². The van der Waals surface area contributed by atoms with Crippen LogP contribution in [-0.2, 0) is 0 Å². The molecule has 1 heterocycles. The quantitative estimate of drug-likeness (QED) is 0.813. The van der Waals surface area contributed by atoms with E-state index in [0.717, 1.165) is 24.2 Å². The number of likely N-dealkylation sites (N-methyl/N-ethyl adjacent to an activating group) is 1. The molecule has 4 nitrogen and oxygen atoms in total. The molecule has 0 saturated carbocycles. The lowest BCUT2D eigenvalue weighted by molar-refractivity contribution is 0.0989. The molecule has 0 saturated heterocycles. The molecule has 2 aromatic rings. The van der Waals surface area contributed by atoms with Gasteiger partial charge in [0.15, 0.2) is 11.5 Å². The molecule has 4 heteroatoms. The summed E-state index contributed by atoms with van der Waals surface area (Å²) in [4.78, 5) is 11.3. The molecule has 0 aliphatic rings. The predicted octanol–water partition coefficient (Wildman–Crippen LogP) is 3.26. The van der Waals surface area contributed by atoms with Crippen LogP contribution < -0.4 is 10.1 Å². The van der Waals surface area contributed by atoms with Crippen LogP contribution in [0.3, 0.4) is 0 Å². The maximum Gasteiger partial charge on any atom is 0.194 e. The van der Waals surface area contributed by atoms with Crippen LogP contribution in [0.15, 0.2) is 28.7 Å². The number of fused-ring (bicyclic) bond motifs is 1. The van der Waals surface area contributed by atoms with E-state index in [0.29, 0.717) is 11.3 Å². The molecule has 1 aromatic heterocycles. The second-order valence-corrected chi connectivity index (χ2v) is 4.60. The number of benzene rings is 1. The summed E-state index contributed by atoms with van der Waals surface area (Å²) < 4.78 is 11.2. The van der Waals surface area contributed by atoms with Crippen molar-refractivity contribution >= 4 is 16.8 Å². The number of Topliss-reactive ketones (excluding diaryl/α,β-unsaturated/α-hetero) is 1. The molecule has 0 unspecified atom stereocenters. The number of hydrogen-bond acceptors (Lipinski definition) is 4. The summed E-state index contributed by atoms with van der Waals surface area (Å²) in [5.41, 5.74) is 0.705. The molecule has 0 amide bonds. The Morgan fingerprint density at radius 1 is 1.47 bits per heavy atom. The molecule has 0 spiro atoms. The molecule has 0 aliphatic heterocycles. The first kappa shape index (κ1) is 13.6. The molecule has 1 atom stereocenters. The number of ether oxygens (including phenoxy) is 1.